The van der Waals surface area contributed by atoms with E-state index in [4.69, 9.17) is 11.6 Å². The van der Waals surface area contributed by atoms with Crippen molar-refractivity contribution in [2.45, 2.75) is 0 Å². The van der Waals surface area contributed by atoms with Crippen molar-refractivity contribution in [1.82, 2.24) is 0 Å². The van der Waals surface area contributed by atoms with Gasteiger partial charge in [0.15, 0.2) is 11.6 Å². The minimum absolute atomic E-state index is 0.0417. The Kier molecular flexibility index (Phi) is 4.73. The topological polar surface area (TPSA) is 74.6 Å². The molecule has 3 rings (SSSR count). The van der Waals surface area contributed by atoms with Crippen LogP contribution in [0.3, 0.4) is 0 Å². The van der Waals surface area contributed by atoms with Gasteiger partial charge in [-0.25, -0.2) is 4.39 Å². The standard InChI is InChI=1S/C20H12ClFO4/c21-12-6-8-18(24)15(10-12)19(25)11-5-7-17(23)14(9-11)20(26)13-3-1-2-4-16(13)22/h1-10,23-24H. The number of halogens is 2. The van der Waals surface area contributed by atoms with Crippen LogP contribution >= 0.6 is 11.6 Å². The highest BCUT2D eigenvalue weighted by Gasteiger charge is 2.21. The highest BCUT2D eigenvalue weighted by molar-refractivity contribution is 6.31. The van der Waals surface area contributed by atoms with Gasteiger partial charge in [0.1, 0.15) is 17.3 Å². The van der Waals surface area contributed by atoms with Gasteiger partial charge >= 0.3 is 0 Å². The van der Waals surface area contributed by atoms with Crippen LogP contribution in [0.1, 0.15) is 31.8 Å². The maximum Gasteiger partial charge on any atom is 0.199 e. The van der Waals surface area contributed by atoms with Crippen LogP contribution in [-0.2, 0) is 0 Å². The molecule has 26 heavy (non-hydrogen) atoms. The van der Waals surface area contributed by atoms with Gasteiger partial charge in [0.2, 0.25) is 0 Å². The fourth-order valence-electron chi connectivity index (χ4n) is 2.50. The van der Waals surface area contributed by atoms with E-state index in [1.807, 2.05) is 0 Å². The summed E-state index contributed by atoms with van der Waals surface area (Å²) in [6.45, 7) is 0. The lowest BCUT2D eigenvalue weighted by molar-refractivity contribution is 0.103. The molecule has 0 bridgehead atoms. The molecule has 0 atom stereocenters. The van der Waals surface area contributed by atoms with Gasteiger partial charge in [-0.05, 0) is 48.5 Å². The minimum atomic E-state index is -0.759. The fourth-order valence-corrected chi connectivity index (χ4v) is 2.67. The molecule has 130 valence electrons. The van der Waals surface area contributed by atoms with Gasteiger partial charge < -0.3 is 10.2 Å². The largest absolute Gasteiger partial charge is 0.507 e. The molecule has 0 aliphatic heterocycles. The number of phenols is 2. The van der Waals surface area contributed by atoms with Crippen molar-refractivity contribution in [1.29, 1.82) is 0 Å². The van der Waals surface area contributed by atoms with Crippen LogP contribution in [0.2, 0.25) is 5.02 Å². The molecule has 6 heteroatoms. The third-order valence-electron chi connectivity index (χ3n) is 3.83. The number of hydrogen-bond acceptors (Lipinski definition) is 4. The lowest BCUT2D eigenvalue weighted by Crippen LogP contribution is -2.08. The normalized spacial score (nSPS) is 10.5. The maximum atomic E-state index is 13.9. The number of hydrogen-bond donors (Lipinski definition) is 2. The molecule has 0 aliphatic rings. The Balaban J connectivity index is 2.06. The maximum absolute atomic E-state index is 13.9. The highest BCUT2D eigenvalue weighted by Crippen LogP contribution is 2.28. The summed E-state index contributed by atoms with van der Waals surface area (Å²) in [5.74, 6) is -2.74. The molecule has 0 unspecified atom stereocenters. The lowest BCUT2D eigenvalue weighted by Gasteiger charge is -2.09. The predicted octanol–water partition coefficient (Wildman–Crippen LogP) is 4.35. The molecule has 3 aromatic rings. The van der Waals surface area contributed by atoms with Gasteiger partial charge in [-0.3, -0.25) is 9.59 Å². The predicted molar refractivity (Wildman–Crippen MR) is 94.5 cm³/mol. The van der Waals surface area contributed by atoms with Crippen molar-refractivity contribution < 1.29 is 24.2 Å². The molecular formula is C20H12ClFO4. The van der Waals surface area contributed by atoms with Crippen LogP contribution in [0.4, 0.5) is 4.39 Å². The van der Waals surface area contributed by atoms with Crippen LogP contribution in [0.25, 0.3) is 0 Å². The van der Waals surface area contributed by atoms with Gasteiger partial charge in [-0.15, -0.1) is 0 Å². The van der Waals surface area contributed by atoms with Gasteiger partial charge in [-0.1, -0.05) is 23.7 Å². The molecule has 0 saturated heterocycles. The summed E-state index contributed by atoms with van der Waals surface area (Å²) >= 11 is 5.85. The Morgan fingerprint density at radius 2 is 1.38 bits per heavy atom. The molecule has 0 fully saturated rings. The fraction of sp³-hybridized carbons (Fsp3) is 0. The van der Waals surface area contributed by atoms with Gasteiger partial charge in [-0.2, -0.15) is 0 Å². The first-order valence-corrected chi connectivity index (χ1v) is 7.91. The molecule has 4 nitrogen and oxygen atoms in total. The second-order valence-electron chi connectivity index (χ2n) is 5.53. The van der Waals surface area contributed by atoms with Crippen molar-refractivity contribution in [3.05, 3.63) is 93.8 Å². The molecule has 0 aliphatic carbocycles. The lowest BCUT2D eigenvalue weighted by atomic mass is 9.96. The number of carbonyl (C=O) groups excluding carboxylic acids is 2. The summed E-state index contributed by atoms with van der Waals surface area (Å²) in [5.41, 5.74) is -0.451. The van der Waals surface area contributed by atoms with Gasteiger partial charge in [0.05, 0.1) is 16.7 Å². The quantitative estimate of drug-likeness (QED) is 0.669. The van der Waals surface area contributed by atoms with Gasteiger partial charge in [0, 0.05) is 10.6 Å². The summed E-state index contributed by atoms with van der Waals surface area (Å²) in [6.07, 6.45) is 0. The summed E-state index contributed by atoms with van der Waals surface area (Å²) in [4.78, 5) is 25.2. The summed E-state index contributed by atoms with van der Waals surface area (Å²) < 4.78 is 13.9. The number of ketones is 2. The third kappa shape index (κ3) is 3.30. The molecule has 3 aromatic carbocycles. The van der Waals surface area contributed by atoms with E-state index >= 15 is 0 Å². The molecule has 0 heterocycles. The molecule has 0 radical (unpaired) electrons. The Morgan fingerprint density at radius 1 is 0.769 bits per heavy atom. The highest BCUT2D eigenvalue weighted by atomic mass is 35.5. The zero-order valence-corrected chi connectivity index (χ0v) is 14.0. The van der Waals surface area contributed by atoms with E-state index in [1.165, 1.54) is 48.5 Å². The second kappa shape index (κ2) is 6.98. The Morgan fingerprint density at radius 3 is 2.08 bits per heavy atom. The van der Waals surface area contributed by atoms with E-state index in [9.17, 15) is 24.2 Å². The zero-order valence-electron chi connectivity index (χ0n) is 13.2. The smallest absolute Gasteiger partial charge is 0.199 e. The first-order valence-electron chi connectivity index (χ1n) is 7.54. The zero-order chi connectivity index (χ0) is 18.8. The summed E-state index contributed by atoms with van der Waals surface area (Å²) in [5, 5.41) is 20.1. The monoisotopic (exact) mass is 370 g/mol. The van der Waals surface area contributed by atoms with Crippen LogP contribution in [-0.4, -0.2) is 21.8 Å². The Hall–Kier alpha value is -3.18. The van der Waals surface area contributed by atoms with Crippen LogP contribution in [0.15, 0.2) is 60.7 Å². The van der Waals surface area contributed by atoms with Crippen LogP contribution in [0.5, 0.6) is 11.5 Å². The van der Waals surface area contributed by atoms with Crippen molar-refractivity contribution in [2.24, 2.45) is 0 Å². The van der Waals surface area contributed by atoms with E-state index < -0.39 is 17.4 Å². The van der Waals surface area contributed by atoms with Crippen molar-refractivity contribution >= 4 is 23.2 Å². The Bertz CT molecular complexity index is 1030. The first-order chi connectivity index (χ1) is 12.4. The van der Waals surface area contributed by atoms with Crippen LogP contribution in [0, 0.1) is 5.82 Å². The number of aromatic hydroxyl groups is 2. The molecule has 0 saturated carbocycles. The molecule has 2 N–H and O–H groups in total. The number of rotatable bonds is 4. The minimum Gasteiger partial charge on any atom is -0.507 e. The van der Waals surface area contributed by atoms with Crippen molar-refractivity contribution in [2.75, 3.05) is 0 Å². The number of phenolic OH excluding ortho intramolecular Hbond substituents is 2. The molecular weight excluding hydrogens is 359 g/mol. The van der Waals surface area contributed by atoms with E-state index in [2.05, 4.69) is 0 Å². The van der Waals surface area contributed by atoms with Crippen LogP contribution < -0.4 is 0 Å². The van der Waals surface area contributed by atoms with Gasteiger partial charge in [0.25, 0.3) is 0 Å². The average Bonchev–Trinajstić information content (AvgIpc) is 2.63. The molecule has 0 spiro atoms. The molecule has 0 amide bonds. The summed E-state index contributed by atoms with van der Waals surface area (Å²) in [6, 6.07) is 13.0. The van der Waals surface area contributed by atoms with Crippen molar-refractivity contribution in [3.8, 4) is 11.5 Å². The molecule has 0 aromatic heterocycles. The summed E-state index contributed by atoms with van der Waals surface area (Å²) in [7, 11) is 0. The van der Waals surface area contributed by atoms with E-state index in [0.717, 1.165) is 12.1 Å². The second-order valence-corrected chi connectivity index (χ2v) is 5.97. The average molecular weight is 371 g/mol. The van der Waals surface area contributed by atoms with E-state index in [-0.39, 0.29) is 38.8 Å². The Labute approximate surface area is 153 Å². The number of benzene rings is 3. The first kappa shape index (κ1) is 17.6. The van der Waals surface area contributed by atoms with E-state index in [1.54, 1.807) is 0 Å². The SMILES string of the molecule is O=C(c1ccc(O)c(C(=O)c2ccccc2F)c1)c1cc(Cl)ccc1O. The van der Waals surface area contributed by atoms with Crippen molar-refractivity contribution in [3.63, 3.8) is 0 Å². The number of carbonyl (C=O) groups is 2. The third-order valence-corrected chi connectivity index (χ3v) is 4.06. The van der Waals surface area contributed by atoms with E-state index in [0.29, 0.717) is 0 Å².